The molecule has 19 heavy (non-hydrogen) atoms. The minimum absolute atomic E-state index is 0.0108. The lowest BCUT2D eigenvalue weighted by atomic mass is 10.0. The van der Waals surface area contributed by atoms with E-state index in [4.69, 9.17) is 4.74 Å². The molecule has 0 spiro atoms. The van der Waals surface area contributed by atoms with Gasteiger partial charge in [0.05, 0.1) is 7.11 Å². The van der Waals surface area contributed by atoms with Crippen molar-refractivity contribution in [2.75, 3.05) is 21.2 Å². The summed E-state index contributed by atoms with van der Waals surface area (Å²) in [5, 5.41) is 0. The van der Waals surface area contributed by atoms with Crippen molar-refractivity contribution in [2.24, 2.45) is 0 Å². The third-order valence-electron chi connectivity index (χ3n) is 2.79. The zero-order valence-corrected chi connectivity index (χ0v) is 11.3. The molecule has 0 saturated carbocycles. The second-order valence-electron chi connectivity index (χ2n) is 4.37. The van der Waals surface area contributed by atoms with E-state index in [1.807, 2.05) is 30.3 Å². The fourth-order valence-electron chi connectivity index (χ4n) is 1.76. The molecule has 0 N–H and O–H groups in total. The summed E-state index contributed by atoms with van der Waals surface area (Å²) in [7, 11) is 5.06. The van der Waals surface area contributed by atoms with E-state index < -0.39 is 0 Å². The molecule has 0 aliphatic rings. The monoisotopic (exact) mass is 256 g/mol. The molecule has 4 heteroatoms. The number of aromatic nitrogens is 1. The molecule has 2 aromatic rings. The van der Waals surface area contributed by atoms with Gasteiger partial charge in [-0.1, -0.05) is 12.1 Å². The highest BCUT2D eigenvalue weighted by Gasteiger charge is 2.09. The van der Waals surface area contributed by atoms with Crippen LogP contribution in [0.1, 0.15) is 10.4 Å². The number of hydrogen-bond donors (Lipinski definition) is 0. The molecule has 1 heterocycles. The summed E-state index contributed by atoms with van der Waals surface area (Å²) in [4.78, 5) is 17.6. The van der Waals surface area contributed by atoms with Gasteiger partial charge >= 0.3 is 0 Å². The quantitative estimate of drug-likeness (QED) is 0.847. The number of rotatable bonds is 3. The van der Waals surface area contributed by atoms with E-state index in [-0.39, 0.29) is 5.91 Å². The van der Waals surface area contributed by atoms with Gasteiger partial charge in [0.25, 0.3) is 5.91 Å². The topological polar surface area (TPSA) is 42.4 Å². The van der Waals surface area contributed by atoms with E-state index >= 15 is 0 Å². The molecule has 0 unspecified atom stereocenters. The third-order valence-corrected chi connectivity index (χ3v) is 2.79. The van der Waals surface area contributed by atoms with E-state index in [0.717, 1.165) is 11.1 Å². The molecular formula is C15H16N2O2. The van der Waals surface area contributed by atoms with Gasteiger partial charge < -0.3 is 9.64 Å². The van der Waals surface area contributed by atoms with Crippen LogP contribution >= 0.6 is 0 Å². The summed E-state index contributed by atoms with van der Waals surface area (Å²) in [5.41, 5.74) is 2.58. The average molecular weight is 256 g/mol. The summed E-state index contributed by atoms with van der Waals surface area (Å²) in [6.45, 7) is 0. The first-order chi connectivity index (χ1) is 9.11. The molecule has 0 aliphatic carbocycles. The smallest absolute Gasteiger partial charge is 0.253 e. The van der Waals surface area contributed by atoms with Crippen LogP contribution in [0.15, 0.2) is 42.6 Å². The number of hydrogen-bond acceptors (Lipinski definition) is 3. The Morgan fingerprint density at radius 1 is 1.16 bits per heavy atom. The van der Waals surface area contributed by atoms with Gasteiger partial charge in [0.1, 0.15) is 0 Å². The third kappa shape index (κ3) is 2.91. The van der Waals surface area contributed by atoms with Gasteiger partial charge in [-0.2, -0.15) is 0 Å². The van der Waals surface area contributed by atoms with Crippen LogP contribution in [0, 0.1) is 0 Å². The Morgan fingerprint density at radius 3 is 2.53 bits per heavy atom. The first kappa shape index (κ1) is 13.1. The Hall–Kier alpha value is -2.36. The SMILES string of the molecule is COc1ccc(-c2cccc(C(=O)N(C)C)c2)cn1. The van der Waals surface area contributed by atoms with Gasteiger partial charge in [-0.3, -0.25) is 4.79 Å². The number of carbonyl (C=O) groups is 1. The van der Waals surface area contributed by atoms with Gasteiger partial charge in [0, 0.05) is 37.5 Å². The lowest BCUT2D eigenvalue weighted by Gasteiger charge is -2.11. The maximum absolute atomic E-state index is 11.9. The summed E-state index contributed by atoms with van der Waals surface area (Å²) in [6, 6.07) is 11.2. The second kappa shape index (κ2) is 5.52. The molecule has 2 rings (SSSR count). The molecule has 0 fully saturated rings. The van der Waals surface area contributed by atoms with Gasteiger partial charge in [-0.05, 0) is 23.8 Å². The van der Waals surface area contributed by atoms with Crippen molar-refractivity contribution in [3.05, 3.63) is 48.2 Å². The Balaban J connectivity index is 2.34. The summed E-state index contributed by atoms with van der Waals surface area (Å²) in [6.07, 6.45) is 1.73. The standard InChI is InChI=1S/C15H16N2O2/c1-17(2)15(18)12-6-4-5-11(9-12)13-7-8-14(19-3)16-10-13/h4-10H,1-3H3. The van der Waals surface area contributed by atoms with Gasteiger partial charge in [0.2, 0.25) is 5.88 Å². The Bertz CT molecular complexity index is 577. The Labute approximate surface area is 112 Å². The highest BCUT2D eigenvalue weighted by atomic mass is 16.5. The molecule has 1 aromatic heterocycles. The number of amides is 1. The predicted octanol–water partition coefficient (Wildman–Crippen LogP) is 2.46. The van der Waals surface area contributed by atoms with E-state index in [1.165, 1.54) is 0 Å². The molecule has 0 saturated heterocycles. The summed E-state index contributed by atoms with van der Waals surface area (Å²) >= 11 is 0. The van der Waals surface area contributed by atoms with Crippen molar-refractivity contribution in [2.45, 2.75) is 0 Å². The maximum atomic E-state index is 11.9. The van der Waals surface area contributed by atoms with E-state index in [2.05, 4.69) is 4.98 Å². The molecular weight excluding hydrogens is 240 g/mol. The predicted molar refractivity (Wildman–Crippen MR) is 74.2 cm³/mol. The van der Waals surface area contributed by atoms with E-state index in [9.17, 15) is 4.79 Å². The van der Waals surface area contributed by atoms with Crippen LogP contribution in [0.25, 0.3) is 11.1 Å². The van der Waals surface area contributed by atoms with Gasteiger partial charge in [-0.25, -0.2) is 4.98 Å². The number of nitrogens with zero attached hydrogens (tertiary/aromatic N) is 2. The van der Waals surface area contributed by atoms with E-state index in [1.54, 1.807) is 38.4 Å². The number of ether oxygens (including phenoxy) is 1. The minimum Gasteiger partial charge on any atom is -0.481 e. The molecule has 0 bridgehead atoms. The molecule has 4 nitrogen and oxygen atoms in total. The zero-order valence-electron chi connectivity index (χ0n) is 11.3. The van der Waals surface area contributed by atoms with Crippen molar-refractivity contribution in [1.29, 1.82) is 0 Å². The van der Waals surface area contributed by atoms with Crippen LogP contribution in [0.2, 0.25) is 0 Å². The van der Waals surface area contributed by atoms with Crippen LogP contribution in [0.5, 0.6) is 5.88 Å². The lowest BCUT2D eigenvalue weighted by molar-refractivity contribution is 0.0827. The second-order valence-corrected chi connectivity index (χ2v) is 4.37. The lowest BCUT2D eigenvalue weighted by Crippen LogP contribution is -2.21. The fraction of sp³-hybridized carbons (Fsp3) is 0.200. The van der Waals surface area contributed by atoms with E-state index in [0.29, 0.717) is 11.4 Å². The summed E-state index contributed by atoms with van der Waals surface area (Å²) < 4.78 is 5.03. The van der Waals surface area contributed by atoms with Crippen LogP contribution < -0.4 is 4.74 Å². The van der Waals surface area contributed by atoms with Crippen LogP contribution in [-0.2, 0) is 0 Å². The zero-order chi connectivity index (χ0) is 13.8. The first-order valence-corrected chi connectivity index (χ1v) is 5.94. The molecule has 0 aliphatic heterocycles. The molecule has 1 aromatic carbocycles. The molecule has 0 atom stereocenters. The Morgan fingerprint density at radius 2 is 1.95 bits per heavy atom. The van der Waals surface area contributed by atoms with Crippen molar-refractivity contribution in [3.8, 4) is 17.0 Å². The average Bonchev–Trinajstić information content (AvgIpc) is 2.46. The van der Waals surface area contributed by atoms with Crippen LogP contribution in [-0.4, -0.2) is 37.0 Å². The van der Waals surface area contributed by atoms with Crippen LogP contribution in [0.3, 0.4) is 0 Å². The number of methoxy groups -OCH3 is 1. The van der Waals surface area contributed by atoms with Crippen LogP contribution in [0.4, 0.5) is 0 Å². The van der Waals surface area contributed by atoms with Crippen molar-refractivity contribution >= 4 is 5.91 Å². The molecule has 1 amide bonds. The van der Waals surface area contributed by atoms with Crippen molar-refractivity contribution < 1.29 is 9.53 Å². The van der Waals surface area contributed by atoms with Crippen molar-refractivity contribution in [1.82, 2.24) is 9.88 Å². The van der Waals surface area contributed by atoms with Gasteiger partial charge in [-0.15, -0.1) is 0 Å². The highest BCUT2D eigenvalue weighted by molar-refractivity contribution is 5.95. The summed E-state index contributed by atoms with van der Waals surface area (Å²) in [5.74, 6) is 0.563. The molecule has 0 radical (unpaired) electrons. The number of pyridine rings is 1. The molecule has 98 valence electrons. The fourth-order valence-corrected chi connectivity index (χ4v) is 1.76. The Kier molecular flexibility index (Phi) is 3.80. The minimum atomic E-state index is -0.0108. The van der Waals surface area contributed by atoms with Crippen molar-refractivity contribution in [3.63, 3.8) is 0 Å². The number of carbonyl (C=O) groups excluding carboxylic acids is 1. The van der Waals surface area contributed by atoms with Gasteiger partial charge in [0.15, 0.2) is 0 Å². The first-order valence-electron chi connectivity index (χ1n) is 5.94. The maximum Gasteiger partial charge on any atom is 0.253 e. The number of benzene rings is 1. The normalized spacial score (nSPS) is 10.1. The largest absolute Gasteiger partial charge is 0.481 e. The highest BCUT2D eigenvalue weighted by Crippen LogP contribution is 2.21.